The zero-order valence-electron chi connectivity index (χ0n) is 28.3. The Morgan fingerprint density at radius 3 is 2.31 bits per heavy atom. The molecule has 1 fully saturated rings. The maximum Gasteiger partial charge on any atom is 0.270 e. The average Bonchev–Trinajstić information content (AvgIpc) is 3.05. The second-order valence-corrected chi connectivity index (χ2v) is 14.1. The summed E-state index contributed by atoms with van der Waals surface area (Å²) < 4.78 is 0. The van der Waals surface area contributed by atoms with E-state index in [0.29, 0.717) is 18.0 Å². The van der Waals surface area contributed by atoms with Gasteiger partial charge in [0.05, 0.1) is 30.6 Å². The van der Waals surface area contributed by atoms with Crippen LogP contribution < -0.4 is 21.8 Å². The highest BCUT2D eigenvalue weighted by atomic mass is 16.3. The molecule has 0 unspecified atom stereocenters. The standard InChI is InChI=1S/C37H50N6O5/c1-37(2,3)22-34(46)43(39-23-26-14-8-5-9-15-26)24-32(44)30(20-25-12-6-4-7-13-25)41-36(48)31(21-33(38)45)42-35(47)29-19-18-27-16-10-11-17-28(27)40-29/h4,6-7,10-13,16-19,26,30-32,39,44H,5,8-9,14-15,20-24H2,1-3H3,(H2,38,45)(H,41,48)(H,42,47)/t30-,31-,32-/m0/s1. The molecular formula is C37H50N6O5. The van der Waals surface area contributed by atoms with Crippen molar-refractivity contribution in [2.24, 2.45) is 17.1 Å². The predicted octanol–water partition coefficient (Wildman–Crippen LogP) is 3.65. The number of aliphatic hydroxyl groups is 1. The molecular weight excluding hydrogens is 608 g/mol. The molecule has 1 saturated carbocycles. The minimum Gasteiger partial charge on any atom is -0.389 e. The summed E-state index contributed by atoms with van der Waals surface area (Å²) in [6.07, 6.45) is 4.58. The van der Waals surface area contributed by atoms with E-state index in [1.807, 2.05) is 69.3 Å². The maximum absolute atomic E-state index is 13.7. The molecule has 6 N–H and O–H groups in total. The lowest BCUT2D eigenvalue weighted by Crippen LogP contribution is -2.58. The van der Waals surface area contributed by atoms with E-state index in [1.165, 1.54) is 11.4 Å². The smallest absolute Gasteiger partial charge is 0.270 e. The van der Waals surface area contributed by atoms with Gasteiger partial charge in [-0.15, -0.1) is 0 Å². The number of nitrogens with two attached hydrogens (primary N) is 1. The molecule has 2 aromatic carbocycles. The second kappa shape index (κ2) is 17.2. The molecule has 0 bridgehead atoms. The lowest BCUT2D eigenvalue weighted by atomic mass is 9.89. The summed E-state index contributed by atoms with van der Waals surface area (Å²) in [5.74, 6) is -1.83. The van der Waals surface area contributed by atoms with E-state index in [1.54, 1.807) is 18.2 Å². The molecule has 1 aromatic heterocycles. The number of nitrogens with one attached hydrogen (secondary N) is 3. The van der Waals surface area contributed by atoms with Crippen LogP contribution >= 0.6 is 0 Å². The summed E-state index contributed by atoms with van der Waals surface area (Å²) >= 11 is 0. The quantitative estimate of drug-likeness (QED) is 0.156. The number of aromatic nitrogens is 1. The lowest BCUT2D eigenvalue weighted by molar-refractivity contribution is -0.139. The van der Waals surface area contributed by atoms with Crippen LogP contribution in [0.2, 0.25) is 0 Å². The molecule has 0 aliphatic heterocycles. The van der Waals surface area contributed by atoms with Crippen LogP contribution in [0.15, 0.2) is 66.7 Å². The highest BCUT2D eigenvalue weighted by molar-refractivity contribution is 5.99. The maximum atomic E-state index is 13.7. The van der Waals surface area contributed by atoms with Crippen molar-refractivity contribution >= 4 is 34.5 Å². The number of carbonyl (C=O) groups excluding carboxylic acids is 4. The zero-order valence-corrected chi connectivity index (χ0v) is 28.3. The first kappa shape index (κ1) is 36.5. The van der Waals surface area contributed by atoms with E-state index in [2.05, 4.69) is 21.0 Å². The molecule has 0 radical (unpaired) electrons. The molecule has 11 heteroatoms. The zero-order chi connectivity index (χ0) is 34.7. The van der Waals surface area contributed by atoms with Crippen LogP contribution in [-0.4, -0.2) is 70.0 Å². The van der Waals surface area contributed by atoms with Gasteiger partial charge in [-0.3, -0.25) is 24.2 Å². The largest absolute Gasteiger partial charge is 0.389 e. The molecule has 48 heavy (non-hydrogen) atoms. The van der Waals surface area contributed by atoms with Gasteiger partial charge in [0.25, 0.3) is 5.91 Å². The van der Waals surface area contributed by atoms with Crippen molar-refractivity contribution in [3.63, 3.8) is 0 Å². The van der Waals surface area contributed by atoms with Crippen molar-refractivity contribution in [3.05, 3.63) is 78.0 Å². The number of para-hydroxylation sites is 1. The van der Waals surface area contributed by atoms with Gasteiger partial charge >= 0.3 is 0 Å². The molecule has 0 spiro atoms. The van der Waals surface area contributed by atoms with Gasteiger partial charge in [-0.25, -0.2) is 10.4 Å². The monoisotopic (exact) mass is 658 g/mol. The molecule has 3 atom stereocenters. The molecule has 0 saturated heterocycles. The molecule has 4 rings (SSSR count). The number of nitrogens with zero attached hydrogens (tertiary/aromatic N) is 2. The van der Waals surface area contributed by atoms with Crippen LogP contribution in [0, 0.1) is 11.3 Å². The molecule has 258 valence electrons. The third kappa shape index (κ3) is 11.4. The Bertz CT molecular complexity index is 1540. The van der Waals surface area contributed by atoms with Gasteiger partial charge < -0.3 is 21.5 Å². The van der Waals surface area contributed by atoms with Crippen LogP contribution in [0.1, 0.15) is 81.8 Å². The van der Waals surface area contributed by atoms with Crippen molar-refractivity contribution in [1.29, 1.82) is 0 Å². The molecule has 1 aliphatic rings. The third-order valence-corrected chi connectivity index (χ3v) is 8.60. The number of pyridine rings is 1. The fourth-order valence-corrected chi connectivity index (χ4v) is 6.02. The van der Waals surface area contributed by atoms with E-state index in [-0.39, 0.29) is 36.4 Å². The summed E-state index contributed by atoms with van der Waals surface area (Å²) in [5, 5.41) is 19.5. The third-order valence-electron chi connectivity index (χ3n) is 8.60. The topological polar surface area (TPSA) is 167 Å². The Kier molecular flexibility index (Phi) is 13.0. The molecule has 3 aromatic rings. The van der Waals surface area contributed by atoms with Crippen molar-refractivity contribution in [1.82, 2.24) is 26.1 Å². The molecule has 11 nitrogen and oxygen atoms in total. The normalized spacial score (nSPS) is 15.7. The van der Waals surface area contributed by atoms with Crippen molar-refractivity contribution in [2.75, 3.05) is 13.1 Å². The van der Waals surface area contributed by atoms with E-state index in [0.717, 1.165) is 36.6 Å². The molecule has 1 heterocycles. The van der Waals surface area contributed by atoms with Crippen LogP contribution in [0.25, 0.3) is 10.9 Å². The Labute approximate surface area is 283 Å². The first-order chi connectivity index (χ1) is 22.9. The fraction of sp³-hybridized carbons (Fsp3) is 0.486. The number of carbonyl (C=O) groups is 4. The second-order valence-electron chi connectivity index (χ2n) is 14.1. The number of rotatable bonds is 15. The van der Waals surface area contributed by atoms with Crippen LogP contribution in [0.3, 0.4) is 0 Å². The number of hydrazine groups is 1. The van der Waals surface area contributed by atoms with Gasteiger partial charge in [-0.1, -0.05) is 94.6 Å². The summed E-state index contributed by atoms with van der Waals surface area (Å²) in [4.78, 5) is 56.9. The minimum atomic E-state index is -1.32. The van der Waals surface area contributed by atoms with E-state index < -0.39 is 42.3 Å². The van der Waals surface area contributed by atoms with Crippen molar-refractivity contribution < 1.29 is 24.3 Å². The summed E-state index contributed by atoms with van der Waals surface area (Å²) in [6.45, 7) is 6.50. The molecule has 1 aliphatic carbocycles. The number of hydrogen-bond acceptors (Lipinski definition) is 7. The lowest BCUT2D eigenvalue weighted by Gasteiger charge is -2.34. The number of hydrogen-bond donors (Lipinski definition) is 5. The number of amides is 4. The number of aliphatic hydroxyl groups excluding tert-OH is 1. The van der Waals surface area contributed by atoms with E-state index >= 15 is 0 Å². The summed E-state index contributed by atoms with van der Waals surface area (Å²) in [7, 11) is 0. The van der Waals surface area contributed by atoms with Gasteiger partial charge in [0.15, 0.2) is 0 Å². The van der Waals surface area contributed by atoms with Crippen LogP contribution in [0.5, 0.6) is 0 Å². The van der Waals surface area contributed by atoms with Crippen LogP contribution in [0.4, 0.5) is 0 Å². The van der Waals surface area contributed by atoms with E-state index in [9.17, 15) is 24.3 Å². The van der Waals surface area contributed by atoms with Gasteiger partial charge in [0, 0.05) is 18.4 Å². The van der Waals surface area contributed by atoms with E-state index in [4.69, 9.17) is 5.73 Å². The fourth-order valence-electron chi connectivity index (χ4n) is 6.02. The van der Waals surface area contributed by atoms with Crippen molar-refractivity contribution in [3.8, 4) is 0 Å². The van der Waals surface area contributed by atoms with Crippen LogP contribution in [-0.2, 0) is 20.8 Å². The first-order valence-electron chi connectivity index (χ1n) is 16.9. The Morgan fingerprint density at radius 2 is 1.62 bits per heavy atom. The Hall–Kier alpha value is -4.35. The van der Waals surface area contributed by atoms with Gasteiger partial charge in [-0.2, -0.15) is 0 Å². The highest BCUT2D eigenvalue weighted by Crippen LogP contribution is 2.24. The Morgan fingerprint density at radius 1 is 0.938 bits per heavy atom. The SMILES string of the molecule is CC(C)(C)CC(=O)N(C[C@H](O)[C@H](Cc1ccccc1)NC(=O)[C@H](CC(N)=O)NC(=O)c1ccc2ccccc2n1)NCC1CCCCC1. The number of benzene rings is 2. The number of primary amides is 1. The first-order valence-corrected chi connectivity index (χ1v) is 16.9. The average molecular weight is 659 g/mol. The summed E-state index contributed by atoms with van der Waals surface area (Å²) in [6, 6.07) is 17.8. The van der Waals surface area contributed by atoms with Gasteiger partial charge in [-0.05, 0) is 48.3 Å². The van der Waals surface area contributed by atoms with Gasteiger partial charge in [0.1, 0.15) is 11.7 Å². The van der Waals surface area contributed by atoms with Gasteiger partial charge in [0.2, 0.25) is 17.7 Å². The van der Waals surface area contributed by atoms with Crippen molar-refractivity contribution in [2.45, 2.75) is 90.3 Å². The highest BCUT2D eigenvalue weighted by Gasteiger charge is 2.32. The Balaban J connectivity index is 1.53. The summed E-state index contributed by atoms with van der Waals surface area (Å²) in [5.41, 5.74) is 10.1. The minimum absolute atomic E-state index is 0.0761. The molecule has 4 amide bonds. The predicted molar refractivity (Wildman–Crippen MR) is 185 cm³/mol. The number of fused-ring (bicyclic) bond motifs is 1.